The lowest BCUT2D eigenvalue weighted by Crippen LogP contribution is -2.33. The number of benzene rings is 1. The van der Waals surface area contributed by atoms with E-state index in [-0.39, 0.29) is 24.2 Å². The summed E-state index contributed by atoms with van der Waals surface area (Å²) in [7, 11) is 0. The molecule has 1 saturated heterocycles. The van der Waals surface area contributed by atoms with Crippen LogP contribution in [-0.4, -0.2) is 39.8 Å². The van der Waals surface area contributed by atoms with E-state index < -0.39 is 0 Å². The van der Waals surface area contributed by atoms with Crippen molar-refractivity contribution in [3.8, 4) is 0 Å². The number of H-pyrrole nitrogens is 1. The molecule has 1 unspecified atom stereocenters. The van der Waals surface area contributed by atoms with Crippen LogP contribution in [0, 0.1) is 5.92 Å². The molecule has 6 nitrogen and oxygen atoms in total. The van der Waals surface area contributed by atoms with Crippen LogP contribution in [0.4, 0.5) is 0 Å². The molecule has 1 fully saturated rings. The Labute approximate surface area is 167 Å². The van der Waals surface area contributed by atoms with E-state index in [1.807, 2.05) is 42.6 Å². The first-order valence-corrected chi connectivity index (χ1v) is 9.69. The number of carbonyl (C=O) groups is 2. The zero-order valence-corrected chi connectivity index (χ0v) is 16.1. The van der Waals surface area contributed by atoms with Gasteiger partial charge in [-0.2, -0.15) is 0 Å². The van der Waals surface area contributed by atoms with Gasteiger partial charge in [0.25, 0.3) is 0 Å². The Hall–Kier alpha value is -2.86. The number of carbonyl (C=O) groups excluding carboxylic acids is 2. The van der Waals surface area contributed by atoms with Gasteiger partial charge in [0.05, 0.1) is 18.2 Å². The molecular weight excluding hydrogens is 376 g/mol. The Balaban J connectivity index is 1.33. The van der Waals surface area contributed by atoms with Crippen LogP contribution in [0.25, 0.3) is 10.9 Å². The predicted octanol–water partition coefficient (Wildman–Crippen LogP) is 2.92. The molecule has 3 aromatic rings. The van der Waals surface area contributed by atoms with Gasteiger partial charge in [0.1, 0.15) is 0 Å². The molecule has 144 valence electrons. The van der Waals surface area contributed by atoms with E-state index in [0.717, 1.165) is 22.2 Å². The van der Waals surface area contributed by atoms with Gasteiger partial charge in [0.2, 0.25) is 11.8 Å². The zero-order valence-electron chi connectivity index (χ0n) is 15.3. The molecule has 3 heterocycles. The number of hydrogen-bond donors (Lipinski definition) is 2. The molecule has 1 aliphatic heterocycles. The number of aromatic nitrogens is 2. The van der Waals surface area contributed by atoms with Crippen LogP contribution >= 0.6 is 11.6 Å². The molecule has 28 heavy (non-hydrogen) atoms. The van der Waals surface area contributed by atoms with Crippen molar-refractivity contribution >= 4 is 34.3 Å². The van der Waals surface area contributed by atoms with Crippen LogP contribution in [0.3, 0.4) is 0 Å². The molecule has 0 radical (unpaired) electrons. The first-order chi connectivity index (χ1) is 13.6. The number of pyridine rings is 1. The molecule has 1 aliphatic rings. The van der Waals surface area contributed by atoms with E-state index in [1.165, 1.54) is 0 Å². The molecule has 0 spiro atoms. The van der Waals surface area contributed by atoms with Crippen molar-refractivity contribution in [2.24, 2.45) is 5.92 Å². The Bertz CT molecular complexity index is 1000. The lowest BCUT2D eigenvalue weighted by Gasteiger charge is -2.16. The SMILES string of the molecule is O=C(NCc1ccccn1)C1CC(=O)N(CCc2c[nH]c3ccc(Cl)cc23)C1. The predicted molar refractivity (Wildman–Crippen MR) is 108 cm³/mol. The maximum Gasteiger partial charge on any atom is 0.225 e. The van der Waals surface area contributed by atoms with E-state index >= 15 is 0 Å². The highest BCUT2D eigenvalue weighted by Gasteiger charge is 2.33. The second kappa shape index (κ2) is 8.02. The maximum atomic E-state index is 12.4. The fraction of sp³-hybridized carbons (Fsp3) is 0.286. The van der Waals surface area contributed by atoms with Crippen molar-refractivity contribution < 1.29 is 9.59 Å². The molecule has 0 saturated carbocycles. The molecular formula is C21H21ClN4O2. The van der Waals surface area contributed by atoms with Gasteiger partial charge in [0, 0.05) is 47.8 Å². The molecule has 4 rings (SSSR count). The number of fused-ring (bicyclic) bond motifs is 1. The van der Waals surface area contributed by atoms with E-state index in [0.29, 0.717) is 31.1 Å². The van der Waals surface area contributed by atoms with E-state index in [2.05, 4.69) is 15.3 Å². The monoisotopic (exact) mass is 396 g/mol. The first kappa shape index (κ1) is 18.5. The van der Waals surface area contributed by atoms with Gasteiger partial charge in [-0.3, -0.25) is 14.6 Å². The molecule has 1 atom stereocenters. The largest absolute Gasteiger partial charge is 0.361 e. The fourth-order valence-corrected chi connectivity index (χ4v) is 3.77. The summed E-state index contributed by atoms with van der Waals surface area (Å²) in [5.41, 5.74) is 2.95. The number of amides is 2. The van der Waals surface area contributed by atoms with Crippen LogP contribution in [0.2, 0.25) is 5.02 Å². The van der Waals surface area contributed by atoms with Crippen LogP contribution in [0.1, 0.15) is 17.7 Å². The van der Waals surface area contributed by atoms with Crippen molar-refractivity contribution in [3.05, 3.63) is 65.1 Å². The van der Waals surface area contributed by atoms with Crippen molar-refractivity contribution in [2.45, 2.75) is 19.4 Å². The number of hydrogen-bond acceptors (Lipinski definition) is 3. The van der Waals surface area contributed by atoms with Crippen LogP contribution in [-0.2, 0) is 22.6 Å². The Morgan fingerprint density at radius 2 is 2.21 bits per heavy atom. The number of nitrogens with one attached hydrogen (secondary N) is 2. The number of rotatable bonds is 6. The summed E-state index contributed by atoms with van der Waals surface area (Å²) in [6.45, 7) is 1.42. The summed E-state index contributed by atoms with van der Waals surface area (Å²) in [5.74, 6) is -0.384. The van der Waals surface area contributed by atoms with Gasteiger partial charge in [-0.1, -0.05) is 17.7 Å². The minimum absolute atomic E-state index is 0.0239. The number of halogens is 1. The number of aromatic amines is 1. The highest BCUT2D eigenvalue weighted by Crippen LogP contribution is 2.24. The molecule has 1 aromatic carbocycles. The molecule has 2 amide bonds. The van der Waals surface area contributed by atoms with E-state index in [1.54, 1.807) is 11.1 Å². The molecule has 0 aliphatic carbocycles. The minimum Gasteiger partial charge on any atom is -0.361 e. The summed E-state index contributed by atoms with van der Waals surface area (Å²) >= 11 is 6.10. The van der Waals surface area contributed by atoms with Crippen molar-refractivity contribution in [2.75, 3.05) is 13.1 Å². The Morgan fingerprint density at radius 1 is 1.32 bits per heavy atom. The Morgan fingerprint density at radius 3 is 3.04 bits per heavy atom. The molecule has 2 N–H and O–H groups in total. The van der Waals surface area contributed by atoms with Crippen LogP contribution in [0.15, 0.2) is 48.8 Å². The van der Waals surface area contributed by atoms with Gasteiger partial charge in [-0.15, -0.1) is 0 Å². The molecule has 2 aromatic heterocycles. The highest BCUT2D eigenvalue weighted by molar-refractivity contribution is 6.31. The third kappa shape index (κ3) is 4.02. The first-order valence-electron chi connectivity index (χ1n) is 9.31. The average molecular weight is 397 g/mol. The third-order valence-electron chi connectivity index (χ3n) is 5.14. The van der Waals surface area contributed by atoms with Crippen molar-refractivity contribution in [3.63, 3.8) is 0 Å². The summed E-state index contributed by atoms with van der Waals surface area (Å²) < 4.78 is 0. The summed E-state index contributed by atoms with van der Waals surface area (Å²) in [6.07, 6.45) is 4.63. The van der Waals surface area contributed by atoms with Gasteiger partial charge in [0.15, 0.2) is 0 Å². The van der Waals surface area contributed by atoms with Crippen LogP contribution in [0.5, 0.6) is 0 Å². The second-order valence-corrected chi connectivity index (χ2v) is 7.47. The van der Waals surface area contributed by atoms with Gasteiger partial charge in [-0.05, 0) is 42.3 Å². The maximum absolute atomic E-state index is 12.4. The number of likely N-dealkylation sites (tertiary alicyclic amines) is 1. The second-order valence-electron chi connectivity index (χ2n) is 7.03. The average Bonchev–Trinajstić information content (AvgIpc) is 3.28. The fourth-order valence-electron chi connectivity index (χ4n) is 3.60. The summed E-state index contributed by atoms with van der Waals surface area (Å²) in [5, 5.41) is 4.65. The summed E-state index contributed by atoms with van der Waals surface area (Å²) in [6, 6.07) is 11.3. The number of nitrogens with zero attached hydrogens (tertiary/aromatic N) is 2. The van der Waals surface area contributed by atoms with Gasteiger partial charge >= 0.3 is 0 Å². The van der Waals surface area contributed by atoms with Crippen molar-refractivity contribution in [1.82, 2.24) is 20.2 Å². The van der Waals surface area contributed by atoms with E-state index in [4.69, 9.17) is 11.6 Å². The van der Waals surface area contributed by atoms with Crippen LogP contribution < -0.4 is 5.32 Å². The standard InChI is InChI=1S/C21H21ClN4O2/c22-16-4-5-19-18(10-16)14(11-24-19)6-8-26-13-15(9-20(26)27)21(28)25-12-17-3-1-2-7-23-17/h1-5,7,10-11,15,24H,6,8-9,12-13H2,(H,25,28). The summed E-state index contributed by atoms with van der Waals surface area (Å²) in [4.78, 5) is 34.0. The Kier molecular flexibility index (Phi) is 5.30. The molecule has 7 heteroatoms. The lowest BCUT2D eigenvalue weighted by atomic mass is 10.1. The highest BCUT2D eigenvalue weighted by atomic mass is 35.5. The molecule has 0 bridgehead atoms. The zero-order chi connectivity index (χ0) is 19.5. The smallest absolute Gasteiger partial charge is 0.225 e. The lowest BCUT2D eigenvalue weighted by molar-refractivity contribution is -0.129. The minimum atomic E-state index is -0.311. The normalized spacial score (nSPS) is 16.7. The van der Waals surface area contributed by atoms with E-state index in [9.17, 15) is 9.59 Å². The van der Waals surface area contributed by atoms with Crippen molar-refractivity contribution in [1.29, 1.82) is 0 Å². The van der Waals surface area contributed by atoms with Gasteiger partial charge in [-0.25, -0.2) is 0 Å². The topological polar surface area (TPSA) is 78.1 Å². The van der Waals surface area contributed by atoms with Gasteiger partial charge < -0.3 is 15.2 Å². The third-order valence-corrected chi connectivity index (χ3v) is 5.37. The quantitative estimate of drug-likeness (QED) is 0.672.